The Kier molecular flexibility index (Phi) is 4.85. The summed E-state index contributed by atoms with van der Waals surface area (Å²) in [7, 11) is -2.51. The Hall–Kier alpha value is -3.55. The van der Waals surface area contributed by atoms with Crippen molar-refractivity contribution >= 4 is 43.6 Å². The Morgan fingerprint density at radius 3 is 2.73 bits per heavy atom. The van der Waals surface area contributed by atoms with Gasteiger partial charge in [0.1, 0.15) is 11.4 Å². The summed E-state index contributed by atoms with van der Waals surface area (Å²) in [6.07, 6.45) is 0. The molecule has 2 aromatic carbocycles. The van der Waals surface area contributed by atoms with E-state index in [1.807, 2.05) is 29.6 Å². The summed E-state index contributed by atoms with van der Waals surface area (Å²) in [4.78, 5) is 15.2. The lowest BCUT2D eigenvalue weighted by molar-refractivity contribution is -0.384. The van der Waals surface area contributed by atoms with Crippen LogP contribution in [0.25, 0.3) is 16.2 Å². The van der Waals surface area contributed by atoms with Crippen LogP contribution in [0.5, 0.6) is 5.75 Å². The monoisotopic (exact) mass is 446 g/mol. The molecule has 2 aromatic heterocycles. The third-order valence-corrected chi connectivity index (χ3v) is 5.93. The maximum absolute atomic E-state index is 11.5. The summed E-state index contributed by atoms with van der Waals surface area (Å²) in [5.74, 6) is 0.779. The molecule has 0 atom stereocenters. The minimum absolute atomic E-state index is 0.0319. The second kappa shape index (κ2) is 7.37. The van der Waals surface area contributed by atoms with E-state index in [1.165, 1.54) is 23.5 Å². The lowest BCUT2D eigenvalue weighted by Crippen LogP contribution is -2.12. The molecule has 0 fully saturated rings. The van der Waals surface area contributed by atoms with Crippen molar-refractivity contribution in [2.45, 2.75) is 4.90 Å². The van der Waals surface area contributed by atoms with Crippen LogP contribution in [0, 0.1) is 10.1 Å². The highest BCUT2D eigenvalue weighted by Crippen LogP contribution is 2.34. The summed E-state index contributed by atoms with van der Waals surface area (Å²) in [5.41, 5.74) is 1.12. The van der Waals surface area contributed by atoms with Crippen molar-refractivity contribution in [3.8, 4) is 17.0 Å². The first-order valence-corrected chi connectivity index (χ1v) is 10.8. The van der Waals surface area contributed by atoms with Crippen LogP contribution < -0.4 is 15.2 Å². The van der Waals surface area contributed by atoms with Gasteiger partial charge < -0.3 is 10.1 Å². The van der Waals surface area contributed by atoms with E-state index in [-0.39, 0.29) is 16.5 Å². The average molecular weight is 446 g/mol. The van der Waals surface area contributed by atoms with Crippen LogP contribution in [0.15, 0.2) is 52.7 Å². The molecule has 11 nitrogen and oxygen atoms in total. The lowest BCUT2D eigenvalue weighted by Gasteiger charge is -2.06. The highest BCUT2D eigenvalue weighted by atomic mass is 32.2. The number of nitrogens with zero attached hydrogens (tertiary/aromatic N) is 4. The Morgan fingerprint density at radius 1 is 1.27 bits per heavy atom. The second-order valence-electron chi connectivity index (χ2n) is 6.06. The fourth-order valence-electron chi connectivity index (χ4n) is 2.84. The highest BCUT2D eigenvalue weighted by molar-refractivity contribution is 7.89. The van der Waals surface area contributed by atoms with Gasteiger partial charge in [0, 0.05) is 17.0 Å². The molecule has 0 saturated heterocycles. The van der Waals surface area contributed by atoms with E-state index in [1.54, 1.807) is 11.6 Å². The van der Waals surface area contributed by atoms with E-state index in [9.17, 15) is 18.5 Å². The molecular formula is C17H14N6O5S2. The third-order valence-electron chi connectivity index (χ3n) is 4.21. The molecule has 0 aliphatic rings. The van der Waals surface area contributed by atoms with Crippen LogP contribution in [0.3, 0.4) is 0 Å². The first kappa shape index (κ1) is 19.8. The first-order valence-electron chi connectivity index (χ1n) is 8.34. The molecule has 0 aliphatic carbocycles. The van der Waals surface area contributed by atoms with E-state index in [4.69, 9.17) is 9.88 Å². The number of para-hydroxylation sites is 1. The number of thiazole rings is 1. The number of primary sulfonamides is 1. The van der Waals surface area contributed by atoms with Gasteiger partial charge in [0.25, 0.3) is 5.69 Å². The number of methoxy groups -OCH3 is 1. The predicted octanol–water partition coefficient (Wildman–Crippen LogP) is 2.77. The summed E-state index contributed by atoms with van der Waals surface area (Å²) in [6, 6.07) is 10.7. The molecule has 30 heavy (non-hydrogen) atoms. The van der Waals surface area contributed by atoms with Gasteiger partial charge in [-0.25, -0.2) is 18.1 Å². The van der Waals surface area contributed by atoms with E-state index in [0.29, 0.717) is 10.7 Å². The number of aromatic nitrogens is 3. The number of nitrogens with one attached hydrogen (secondary N) is 1. The second-order valence-corrected chi connectivity index (χ2v) is 8.46. The molecule has 13 heteroatoms. The highest BCUT2D eigenvalue weighted by Gasteiger charge is 2.21. The largest absolute Gasteiger partial charge is 0.496 e. The molecule has 0 spiro atoms. The Balaban J connectivity index is 1.74. The zero-order valence-electron chi connectivity index (χ0n) is 15.3. The van der Waals surface area contributed by atoms with Gasteiger partial charge in [-0.15, -0.1) is 16.4 Å². The van der Waals surface area contributed by atoms with Gasteiger partial charge in [-0.05, 0) is 24.3 Å². The summed E-state index contributed by atoms with van der Waals surface area (Å²) in [5, 5.41) is 25.5. The first-order chi connectivity index (χ1) is 14.3. The minimum atomic E-state index is -4.08. The van der Waals surface area contributed by atoms with E-state index >= 15 is 0 Å². The standard InChI is InChI=1S/C17H14N6O5S2/c1-28-15-5-3-2-4-11(15)14-9-29-17-20-16(21-22(14)17)19-12-7-6-10(30(18,26)27)8-13(12)23(24)25/h2-9H,1H3,(H,19,21)(H2,18,26,27). The normalized spacial score (nSPS) is 11.5. The molecule has 0 radical (unpaired) electrons. The number of ether oxygens (including phenoxy) is 1. The third kappa shape index (κ3) is 3.56. The number of nitro groups is 1. The van der Waals surface area contributed by atoms with Gasteiger partial charge in [-0.3, -0.25) is 10.1 Å². The van der Waals surface area contributed by atoms with Crippen LogP contribution in [0.1, 0.15) is 0 Å². The van der Waals surface area contributed by atoms with Gasteiger partial charge in [-0.2, -0.15) is 4.98 Å². The Labute approximate surface area is 173 Å². The maximum atomic E-state index is 11.5. The van der Waals surface area contributed by atoms with Crippen molar-refractivity contribution < 1.29 is 18.1 Å². The molecule has 4 rings (SSSR count). The van der Waals surface area contributed by atoms with E-state index in [2.05, 4.69) is 15.4 Å². The zero-order chi connectivity index (χ0) is 21.5. The molecule has 0 bridgehead atoms. The predicted molar refractivity (Wildman–Crippen MR) is 111 cm³/mol. The van der Waals surface area contributed by atoms with Crippen LogP contribution in [0.2, 0.25) is 0 Å². The molecule has 0 aliphatic heterocycles. The van der Waals surface area contributed by atoms with Crippen LogP contribution in [0.4, 0.5) is 17.3 Å². The zero-order valence-corrected chi connectivity index (χ0v) is 17.0. The number of hydrogen-bond acceptors (Lipinski definition) is 9. The van der Waals surface area contributed by atoms with Crippen LogP contribution in [-0.2, 0) is 10.0 Å². The van der Waals surface area contributed by atoms with Crippen molar-refractivity contribution in [1.29, 1.82) is 0 Å². The summed E-state index contributed by atoms with van der Waals surface area (Å²) < 4.78 is 30.0. The fraction of sp³-hybridized carbons (Fsp3) is 0.0588. The number of rotatable bonds is 6. The number of sulfonamides is 1. The van der Waals surface area contributed by atoms with Gasteiger partial charge in [0.05, 0.1) is 22.6 Å². The van der Waals surface area contributed by atoms with E-state index in [0.717, 1.165) is 17.3 Å². The van der Waals surface area contributed by atoms with Crippen molar-refractivity contribution in [3.05, 3.63) is 58.0 Å². The SMILES string of the molecule is COc1ccccc1-c1csc2nc(Nc3ccc(S(N)(=O)=O)cc3[N+](=O)[O-])nn12. The van der Waals surface area contributed by atoms with Gasteiger partial charge in [0.15, 0.2) is 0 Å². The van der Waals surface area contributed by atoms with Crippen LogP contribution >= 0.6 is 11.3 Å². The molecule has 2 heterocycles. The molecule has 154 valence electrons. The smallest absolute Gasteiger partial charge is 0.294 e. The molecule has 0 saturated carbocycles. The van der Waals surface area contributed by atoms with Gasteiger partial charge in [0.2, 0.25) is 20.9 Å². The number of benzene rings is 2. The van der Waals surface area contributed by atoms with Gasteiger partial charge in [-0.1, -0.05) is 12.1 Å². The number of anilines is 2. The number of hydrogen-bond donors (Lipinski definition) is 2. The topological polar surface area (TPSA) is 155 Å². The molecule has 0 amide bonds. The number of nitro benzene ring substituents is 1. The molecular weight excluding hydrogens is 432 g/mol. The van der Waals surface area contributed by atoms with Crippen molar-refractivity contribution in [2.24, 2.45) is 5.14 Å². The maximum Gasteiger partial charge on any atom is 0.294 e. The lowest BCUT2D eigenvalue weighted by atomic mass is 10.1. The molecule has 0 unspecified atom stereocenters. The number of nitrogens with two attached hydrogens (primary N) is 1. The quantitative estimate of drug-likeness (QED) is 0.338. The Morgan fingerprint density at radius 2 is 2.03 bits per heavy atom. The van der Waals surface area contributed by atoms with Crippen molar-refractivity contribution in [3.63, 3.8) is 0 Å². The van der Waals surface area contributed by atoms with Gasteiger partial charge >= 0.3 is 0 Å². The van der Waals surface area contributed by atoms with Crippen molar-refractivity contribution in [1.82, 2.24) is 14.6 Å². The Bertz CT molecular complexity index is 1380. The van der Waals surface area contributed by atoms with E-state index < -0.39 is 20.6 Å². The minimum Gasteiger partial charge on any atom is -0.496 e. The fourth-order valence-corrected chi connectivity index (χ4v) is 4.20. The number of fused-ring (bicyclic) bond motifs is 1. The molecule has 4 aromatic rings. The average Bonchev–Trinajstić information content (AvgIpc) is 3.27. The van der Waals surface area contributed by atoms with Crippen molar-refractivity contribution in [2.75, 3.05) is 12.4 Å². The summed E-state index contributed by atoms with van der Waals surface area (Å²) >= 11 is 1.34. The summed E-state index contributed by atoms with van der Waals surface area (Å²) in [6.45, 7) is 0. The molecule has 3 N–H and O–H groups in total. The van der Waals surface area contributed by atoms with Crippen LogP contribution in [-0.4, -0.2) is 35.0 Å².